The van der Waals surface area contributed by atoms with Gasteiger partial charge in [-0.1, -0.05) is 25.5 Å². The first-order chi connectivity index (χ1) is 12.0. The van der Waals surface area contributed by atoms with E-state index in [1.165, 1.54) is 12.0 Å². The topological polar surface area (TPSA) is 62.5 Å². The van der Waals surface area contributed by atoms with Crippen LogP contribution in [0.2, 0.25) is 0 Å². The molecule has 0 aromatic heterocycles. The third-order valence-corrected chi connectivity index (χ3v) is 8.00. The van der Waals surface area contributed by atoms with E-state index in [1.807, 2.05) is 0 Å². The number of hydrogen-bond acceptors (Lipinski definition) is 4. The predicted octanol–water partition coefficient (Wildman–Crippen LogP) is 3.80. The molecule has 1 heterocycles. The van der Waals surface area contributed by atoms with E-state index in [1.54, 1.807) is 0 Å². The van der Waals surface area contributed by atoms with Crippen LogP contribution in [0.3, 0.4) is 0 Å². The summed E-state index contributed by atoms with van der Waals surface area (Å²) in [6.07, 6.45) is 8.72. The molecule has 4 nitrogen and oxygen atoms in total. The van der Waals surface area contributed by atoms with Crippen LogP contribution in [0.5, 0.6) is 0 Å². The van der Waals surface area contributed by atoms with Crippen molar-refractivity contribution in [3.05, 3.63) is 11.6 Å². The van der Waals surface area contributed by atoms with Gasteiger partial charge in [-0.2, -0.15) is 5.26 Å². The monoisotopic (exact) mass is 345 g/mol. The minimum absolute atomic E-state index is 0.0564. The molecule has 6 atom stereocenters. The number of hydrogen-bond donors (Lipinski definition) is 1. The van der Waals surface area contributed by atoms with Gasteiger partial charge < -0.3 is 14.6 Å². The fourth-order valence-electron chi connectivity index (χ4n) is 6.57. The van der Waals surface area contributed by atoms with E-state index < -0.39 is 0 Å². The molecule has 3 aliphatic carbocycles. The van der Waals surface area contributed by atoms with Gasteiger partial charge in [-0.25, -0.2) is 0 Å². The maximum atomic E-state index is 10.1. The molecule has 4 heteroatoms. The molecule has 0 unspecified atom stereocenters. The van der Waals surface area contributed by atoms with E-state index in [4.69, 9.17) is 9.47 Å². The van der Waals surface area contributed by atoms with E-state index in [2.05, 4.69) is 26.0 Å². The average Bonchev–Trinajstić information content (AvgIpc) is 3.13. The van der Waals surface area contributed by atoms with Crippen LogP contribution in [0.4, 0.5) is 0 Å². The molecule has 0 radical (unpaired) electrons. The van der Waals surface area contributed by atoms with Gasteiger partial charge in [-0.15, -0.1) is 0 Å². The number of aliphatic hydroxyl groups is 1. The molecule has 0 aromatic rings. The van der Waals surface area contributed by atoms with Crippen molar-refractivity contribution in [1.29, 1.82) is 5.26 Å². The first kappa shape index (κ1) is 17.5. The molecule has 4 rings (SSSR count). The largest absolute Gasteiger partial charge is 0.389 e. The van der Waals surface area contributed by atoms with Gasteiger partial charge in [-0.3, -0.25) is 0 Å². The van der Waals surface area contributed by atoms with Gasteiger partial charge in [0.25, 0.3) is 0 Å². The highest BCUT2D eigenvalue weighted by Gasteiger charge is 2.57. The van der Waals surface area contributed by atoms with E-state index >= 15 is 0 Å². The highest BCUT2D eigenvalue weighted by Crippen LogP contribution is 2.63. The zero-order valence-electron chi connectivity index (χ0n) is 15.5. The number of aliphatic hydroxyl groups excluding tert-OH is 1. The summed E-state index contributed by atoms with van der Waals surface area (Å²) in [5.41, 5.74) is 1.62. The lowest BCUT2D eigenvalue weighted by molar-refractivity contribution is -0.188. The molecule has 1 aliphatic heterocycles. The zero-order chi connectivity index (χ0) is 17.7. The van der Waals surface area contributed by atoms with Gasteiger partial charge in [-0.05, 0) is 61.7 Å². The molecule has 0 aromatic carbocycles. The van der Waals surface area contributed by atoms with Gasteiger partial charge in [0.05, 0.1) is 25.4 Å². The van der Waals surface area contributed by atoms with E-state index in [-0.39, 0.29) is 23.2 Å². The summed E-state index contributed by atoms with van der Waals surface area (Å²) in [4.78, 5) is 0. The fraction of sp³-hybridized carbons (Fsp3) is 0.857. The summed E-state index contributed by atoms with van der Waals surface area (Å²) in [6.45, 7) is 6.06. The molecule has 25 heavy (non-hydrogen) atoms. The second kappa shape index (κ2) is 6.37. The Balaban J connectivity index is 1.66. The lowest BCUT2D eigenvalue weighted by Gasteiger charge is -2.59. The standard InChI is InChI=1S/C21H31NO3/c1-20-8-5-15(23)13-14(20)3-4-16-17(20)6-9-21(2,18(16)7-10-22)19-24-11-12-25-19/h13,15-19,23H,3-9,11-12H2,1-2H3/t15-,16-,17+,18+,20+,21+/m1/s1. The zero-order valence-corrected chi connectivity index (χ0v) is 15.5. The molecule has 2 saturated carbocycles. The summed E-state index contributed by atoms with van der Waals surface area (Å²) in [5.74, 6) is 1.51. The Hall–Kier alpha value is -0.890. The first-order valence-corrected chi connectivity index (χ1v) is 9.98. The number of ether oxygens (including phenoxy) is 2. The predicted molar refractivity (Wildman–Crippen MR) is 94.4 cm³/mol. The Morgan fingerprint density at radius 3 is 2.68 bits per heavy atom. The van der Waals surface area contributed by atoms with Gasteiger partial charge in [0.2, 0.25) is 0 Å². The van der Waals surface area contributed by atoms with E-state index in [9.17, 15) is 10.4 Å². The van der Waals surface area contributed by atoms with Gasteiger partial charge in [0, 0.05) is 11.8 Å². The molecular weight excluding hydrogens is 314 g/mol. The normalized spacial score (nSPS) is 47.5. The first-order valence-electron chi connectivity index (χ1n) is 9.98. The number of allylic oxidation sites excluding steroid dienone is 1. The molecule has 0 bridgehead atoms. The smallest absolute Gasteiger partial charge is 0.163 e. The van der Waals surface area contributed by atoms with Crippen molar-refractivity contribution in [2.24, 2.45) is 28.6 Å². The lowest BCUT2D eigenvalue weighted by atomic mass is 9.46. The highest BCUT2D eigenvalue weighted by atomic mass is 16.7. The summed E-state index contributed by atoms with van der Waals surface area (Å²) in [6, 6.07) is 2.48. The summed E-state index contributed by atoms with van der Waals surface area (Å²) >= 11 is 0. The quantitative estimate of drug-likeness (QED) is 0.773. The lowest BCUT2D eigenvalue weighted by Crippen LogP contribution is -2.54. The molecule has 1 N–H and O–H groups in total. The van der Waals surface area contributed by atoms with Crippen molar-refractivity contribution < 1.29 is 14.6 Å². The maximum Gasteiger partial charge on any atom is 0.163 e. The van der Waals surface area contributed by atoms with Crippen LogP contribution < -0.4 is 0 Å². The molecule has 1 saturated heterocycles. The van der Waals surface area contributed by atoms with Crippen molar-refractivity contribution in [2.45, 2.75) is 71.2 Å². The van der Waals surface area contributed by atoms with E-state index in [0.717, 1.165) is 32.1 Å². The summed E-state index contributed by atoms with van der Waals surface area (Å²) < 4.78 is 11.8. The van der Waals surface area contributed by atoms with Gasteiger partial charge in [0.15, 0.2) is 6.29 Å². The SMILES string of the molecule is C[C@]12CC[C@@H](O)C=C1CC[C@@H]1[C@@H]2CC[C@](C)(C2OCCO2)[C@H]1CC#N. The van der Waals surface area contributed by atoms with Gasteiger partial charge in [0.1, 0.15) is 0 Å². The molecule has 3 fully saturated rings. The fourth-order valence-corrected chi connectivity index (χ4v) is 6.57. The van der Waals surface area contributed by atoms with Crippen LogP contribution in [0, 0.1) is 39.9 Å². The van der Waals surface area contributed by atoms with Crippen LogP contribution in [0.15, 0.2) is 11.6 Å². The van der Waals surface area contributed by atoms with Crippen molar-refractivity contribution in [3.8, 4) is 6.07 Å². The van der Waals surface area contributed by atoms with Crippen molar-refractivity contribution in [2.75, 3.05) is 13.2 Å². The Kier molecular flexibility index (Phi) is 4.46. The van der Waals surface area contributed by atoms with Crippen LogP contribution in [0.25, 0.3) is 0 Å². The summed E-state index contributed by atoms with van der Waals surface area (Å²) in [7, 11) is 0. The van der Waals surface area contributed by atoms with Crippen LogP contribution in [0.1, 0.15) is 58.8 Å². The third kappa shape index (κ3) is 2.67. The third-order valence-electron chi connectivity index (χ3n) is 8.00. The van der Waals surface area contributed by atoms with Crippen LogP contribution in [-0.4, -0.2) is 30.7 Å². The van der Waals surface area contributed by atoms with Crippen molar-refractivity contribution >= 4 is 0 Å². The Bertz CT molecular complexity index is 590. The minimum Gasteiger partial charge on any atom is -0.389 e. The minimum atomic E-state index is -0.260. The number of nitrogens with zero attached hydrogens (tertiary/aromatic N) is 1. The van der Waals surface area contributed by atoms with E-state index in [0.29, 0.717) is 37.4 Å². The maximum absolute atomic E-state index is 10.1. The second-order valence-corrected chi connectivity index (χ2v) is 9.11. The van der Waals surface area contributed by atoms with Crippen molar-refractivity contribution in [3.63, 3.8) is 0 Å². The summed E-state index contributed by atoms with van der Waals surface area (Å²) in [5, 5.41) is 19.6. The number of rotatable bonds is 2. The number of fused-ring (bicyclic) bond motifs is 3. The van der Waals surface area contributed by atoms with Crippen LogP contribution in [-0.2, 0) is 9.47 Å². The molecule has 138 valence electrons. The second-order valence-electron chi connectivity index (χ2n) is 9.11. The van der Waals surface area contributed by atoms with Gasteiger partial charge >= 0.3 is 0 Å². The Morgan fingerprint density at radius 2 is 1.96 bits per heavy atom. The molecule has 0 spiro atoms. The van der Waals surface area contributed by atoms with Crippen LogP contribution >= 0.6 is 0 Å². The average molecular weight is 345 g/mol. The highest BCUT2D eigenvalue weighted by molar-refractivity contribution is 5.25. The Morgan fingerprint density at radius 1 is 1.20 bits per heavy atom. The number of nitriles is 1. The Labute approximate surface area is 151 Å². The van der Waals surface area contributed by atoms with Crippen molar-refractivity contribution in [1.82, 2.24) is 0 Å². The molecular formula is C21H31NO3. The molecule has 4 aliphatic rings. The molecule has 0 amide bonds.